The Morgan fingerprint density at radius 1 is 1.19 bits per heavy atom. The molecule has 164 valence electrons. The molecule has 32 heavy (non-hydrogen) atoms. The normalized spacial score (nSPS) is 10.7. The number of hydrogen-bond donors (Lipinski definition) is 1. The summed E-state index contributed by atoms with van der Waals surface area (Å²) < 4.78 is 13.2. The number of methoxy groups -OCH3 is 1. The molecule has 0 aliphatic rings. The summed E-state index contributed by atoms with van der Waals surface area (Å²) in [5, 5.41) is 14.7. The van der Waals surface area contributed by atoms with Crippen LogP contribution < -0.4 is 14.9 Å². The maximum Gasteiger partial charge on any atom is 0.271 e. The molecule has 0 radical (unpaired) electrons. The molecule has 0 saturated heterocycles. The van der Waals surface area contributed by atoms with Crippen LogP contribution in [0.2, 0.25) is 0 Å². The van der Waals surface area contributed by atoms with Crippen LogP contribution in [0.4, 0.5) is 5.69 Å². The number of carbonyl (C=O) groups is 1. The summed E-state index contributed by atoms with van der Waals surface area (Å²) in [7, 11) is 1.55. The average molecular weight is 610 g/mol. The fraction of sp³-hybridized carbons (Fsp3) is 0.0909. The number of hydrogen-bond acceptors (Lipinski definition) is 6. The molecule has 0 spiro atoms. The lowest BCUT2D eigenvalue weighted by molar-refractivity contribution is -0.384. The lowest BCUT2D eigenvalue weighted by Crippen LogP contribution is -2.17. The number of amides is 1. The second-order valence-electron chi connectivity index (χ2n) is 6.45. The molecule has 0 aliphatic heterocycles. The van der Waals surface area contributed by atoms with E-state index in [0.717, 1.165) is 13.6 Å². The van der Waals surface area contributed by atoms with Crippen molar-refractivity contribution in [3.63, 3.8) is 0 Å². The number of carbonyl (C=O) groups excluding carboxylic acids is 1. The molecule has 0 fully saturated rings. The van der Waals surface area contributed by atoms with Crippen LogP contribution in [0.1, 0.15) is 21.5 Å². The van der Waals surface area contributed by atoms with Crippen molar-refractivity contribution in [3.8, 4) is 11.5 Å². The van der Waals surface area contributed by atoms with Crippen LogP contribution in [0.3, 0.4) is 0 Å². The van der Waals surface area contributed by atoms with E-state index < -0.39 is 10.8 Å². The Morgan fingerprint density at radius 2 is 1.88 bits per heavy atom. The molecule has 0 bridgehead atoms. The van der Waals surface area contributed by atoms with Crippen molar-refractivity contribution < 1.29 is 19.2 Å². The van der Waals surface area contributed by atoms with Gasteiger partial charge in [0, 0.05) is 22.2 Å². The van der Waals surface area contributed by atoms with Gasteiger partial charge in [-0.3, -0.25) is 14.9 Å². The number of rotatable bonds is 8. The second kappa shape index (κ2) is 11.0. The maximum atomic E-state index is 12.2. The predicted molar refractivity (Wildman–Crippen MR) is 132 cm³/mol. The minimum absolute atomic E-state index is 0.0887. The molecule has 1 N–H and O–H groups in total. The van der Waals surface area contributed by atoms with Crippen molar-refractivity contribution in [1.82, 2.24) is 5.43 Å². The Bertz CT molecular complexity index is 1150. The zero-order valence-electron chi connectivity index (χ0n) is 16.7. The summed E-state index contributed by atoms with van der Waals surface area (Å²) in [5.74, 6) is 0.674. The van der Waals surface area contributed by atoms with Crippen molar-refractivity contribution >= 4 is 56.3 Å². The lowest BCUT2D eigenvalue weighted by atomic mass is 10.2. The third kappa shape index (κ3) is 6.26. The summed E-state index contributed by atoms with van der Waals surface area (Å²) in [4.78, 5) is 22.3. The Hall–Kier alpha value is -2.99. The predicted octanol–water partition coefficient (Wildman–Crippen LogP) is 5.31. The van der Waals surface area contributed by atoms with Crippen molar-refractivity contribution in [1.29, 1.82) is 0 Å². The van der Waals surface area contributed by atoms with Gasteiger partial charge < -0.3 is 9.47 Å². The zero-order chi connectivity index (χ0) is 23.1. The van der Waals surface area contributed by atoms with Crippen molar-refractivity contribution in [3.05, 3.63) is 95.5 Å². The largest absolute Gasteiger partial charge is 0.493 e. The van der Waals surface area contributed by atoms with E-state index in [1.807, 2.05) is 30.3 Å². The fourth-order valence-electron chi connectivity index (χ4n) is 2.66. The second-order valence-corrected chi connectivity index (χ2v) is 8.53. The quantitative estimate of drug-likeness (QED) is 0.161. The lowest BCUT2D eigenvalue weighted by Gasteiger charge is -2.13. The summed E-state index contributed by atoms with van der Waals surface area (Å²) in [5.41, 5.74) is 4.29. The first kappa shape index (κ1) is 23.7. The van der Waals surface area contributed by atoms with Gasteiger partial charge in [-0.1, -0.05) is 28.1 Å². The van der Waals surface area contributed by atoms with Gasteiger partial charge in [0.1, 0.15) is 6.61 Å². The number of non-ortho nitro benzene ring substituents is 1. The van der Waals surface area contributed by atoms with Gasteiger partial charge in [0.05, 0.1) is 21.8 Å². The molecule has 0 aliphatic carbocycles. The molecule has 3 rings (SSSR count). The fourth-order valence-corrected chi connectivity index (χ4v) is 3.70. The van der Waals surface area contributed by atoms with Crippen LogP contribution in [0.5, 0.6) is 11.5 Å². The summed E-state index contributed by atoms with van der Waals surface area (Å²) in [6.07, 6.45) is 1.48. The van der Waals surface area contributed by atoms with E-state index >= 15 is 0 Å². The molecule has 1 amide bonds. The zero-order valence-corrected chi connectivity index (χ0v) is 20.5. The first-order valence-corrected chi connectivity index (χ1v) is 11.1. The molecular formula is C22H17BrIN3O5. The number of nitrogens with one attached hydrogen (secondary N) is 1. The number of nitrogens with zero attached hydrogens (tertiary/aromatic N) is 2. The van der Waals surface area contributed by atoms with E-state index in [1.165, 1.54) is 30.5 Å². The highest BCUT2D eigenvalue weighted by Crippen LogP contribution is 2.34. The van der Waals surface area contributed by atoms with Gasteiger partial charge in [-0.15, -0.1) is 0 Å². The van der Waals surface area contributed by atoms with Gasteiger partial charge in [0.25, 0.3) is 11.6 Å². The topological polar surface area (TPSA) is 103 Å². The van der Waals surface area contributed by atoms with Crippen LogP contribution in [-0.4, -0.2) is 24.2 Å². The molecule has 0 unspecified atom stereocenters. The summed E-state index contributed by atoms with van der Waals surface area (Å²) in [6.45, 7) is 0.387. The van der Waals surface area contributed by atoms with Gasteiger partial charge in [-0.05, 0) is 70.1 Å². The first-order chi connectivity index (χ1) is 15.4. The van der Waals surface area contributed by atoms with Gasteiger partial charge in [-0.25, -0.2) is 5.43 Å². The van der Waals surface area contributed by atoms with Crippen LogP contribution in [0.15, 0.2) is 70.2 Å². The Balaban J connectivity index is 1.66. The number of hydrazone groups is 1. The van der Waals surface area contributed by atoms with E-state index in [4.69, 9.17) is 9.47 Å². The van der Waals surface area contributed by atoms with E-state index in [-0.39, 0.29) is 11.3 Å². The minimum atomic E-state index is -0.527. The first-order valence-electron chi connectivity index (χ1n) is 9.20. The third-order valence-electron chi connectivity index (χ3n) is 4.27. The van der Waals surface area contributed by atoms with Crippen molar-refractivity contribution in [2.24, 2.45) is 5.10 Å². The molecule has 0 heterocycles. The van der Waals surface area contributed by atoms with E-state index in [1.54, 1.807) is 13.2 Å². The van der Waals surface area contributed by atoms with Crippen LogP contribution in [0.25, 0.3) is 0 Å². The number of nitro benzene ring substituents is 1. The van der Waals surface area contributed by atoms with E-state index in [0.29, 0.717) is 23.7 Å². The smallest absolute Gasteiger partial charge is 0.271 e. The highest BCUT2D eigenvalue weighted by Gasteiger charge is 2.12. The van der Waals surface area contributed by atoms with Crippen LogP contribution >= 0.6 is 38.5 Å². The number of nitro groups is 1. The molecule has 0 atom stereocenters. The summed E-state index contributed by atoms with van der Waals surface area (Å²) in [6, 6.07) is 16.7. The maximum absolute atomic E-state index is 12.2. The van der Waals surface area contributed by atoms with Crippen LogP contribution in [-0.2, 0) is 6.61 Å². The standard InChI is InChI=1S/C22H17BrIN3O5/c1-31-20-11-15(10-19(24)21(20)32-13-14-2-6-17(23)7-3-14)12-25-26-22(28)16-4-8-18(9-5-16)27(29)30/h2-12H,13H2,1H3,(H,26,28)/b25-12+. The number of benzene rings is 3. The molecular weight excluding hydrogens is 593 g/mol. The number of halogens is 2. The molecule has 10 heteroatoms. The highest BCUT2D eigenvalue weighted by atomic mass is 127. The number of ether oxygens (including phenoxy) is 2. The highest BCUT2D eigenvalue weighted by molar-refractivity contribution is 14.1. The molecule has 3 aromatic carbocycles. The molecule has 8 nitrogen and oxygen atoms in total. The van der Waals surface area contributed by atoms with Gasteiger partial charge in [0.15, 0.2) is 11.5 Å². The van der Waals surface area contributed by atoms with Gasteiger partial charge >= 0.3 is 0 Å². The summed E-state index contributed by atoms with van der Waals surface area (Å²) >= 11 is 5.56. The molecule has 0 aromatic heterocycles. The average Bonchev–Trinajstić information content (AvgIpc) is 2.79. The Kier molecular flexibility index (Phi) is 8.17. The van der Waals surface area contributed by atoms with Crippen molar-refractivity contribution in [2.75, 3.05) is 7.11 Å². The van der Waals surface area contributed by atoms with Gasteiger partial charge in [0.2, 0.25) is 0 Å². The third-order valence-corrected chi connectivity index (χ3v) is 5.60. The SMILES string of the molecule is COc1cc(/C=N/NC(=O)c2ccc([N+](=O)[O-])cc2)cc(I)c1OCc1ccc(Br)cc1. The van der Waals surface area contributed by atoms with E-state index in [9.17, 15) is 14.9 Å². The van der Waals surface area contributed by atoms with Crippen molar-refractivity contribution in [2.45, 2.75) is 6.61 Å². The molecule has 3 aromatic rings. The Morgan fingerprint density at radius 3 is 2.50 bits per heavy atom. The molecule has 0 saturated carbocycles. The van der Waals surface area contributed by atoms with E-state index in [2.05, 4.69) is 49.0 Å². The monoisotopic (exact) mass is 609 g/mol. The Labute approximate surface area is 206 Å². The van der Waals surface area contributed by atoms with Gasteiger partial charge in [-0.2, -0.15) is 5.10 Å². The minimum Gasteiger partial charge on any atom is -0.493 e. The van der Waals surface area contributed by atoms with Crippen LogP contribution in [0, 0.1) is 13.7 Å².